The molecule has 0 saturated heterocycles. The van der Waals surface area contributed by atoms with E-state index in [1.807, 2.05) is 39.0 Å². The van der Waals surface area contributed by atoms with E-state index in [0.29, 0.717) is 5.69 Å². The maximum absolute atomic E-state index is 11.7. The summed E-state index contributed by atoms with van der Waals surface area (Å²) in [6.45, 7) is 6.07. The summed E-state index contributed by atoms with van der Waals surface area (Å²) in [7, 11) is 0. The summed E-state index contributed by atoms with van der Waals surface area (Å²) in [5.41, 5.74) is 7.90. The molecule has 0 unspecified atom stereocenters. The van der Waals surface area contributed by atoms with Crippen molar-refractivity contribution in [3.8, 4) is 11.8 Å². The SMILES string of the molecule is Cc1ccc(NC(=O)COC(C)C)c(C#CCN)c1. The smallest absolute Gasteiger partial charge is 0.250 e. The molecule has 0 fully saturated rings. The van der Waals surface area contributed by atoms with Gasteiger partial charge in [-0.1, -0.05) is 17.9 Å². The third-order valence-electron chi connectivity index (χ3n) is 2.32. The highest BCUT2D eigenvalue weighted by atomic mass is 16.5. The van der Waals surface area contributed by atoms with Crippen LogP contribution in [0.3, 0.4) is 0 Å². The lowest BCUT2D eigenvalue weighted by atomic mass is 10.1. The van der Waals surface area contributed by atoms with Gasteiger partial charge in [0.15, 0.2) is 0 Å². The summed E-state index contributed by atoms with van der Waals surface area (Å²) >= 11 is 0. The van der Waals surface area contributed by atoms with Gasteiger partial charge in [-0.2, -0.15) is 0 Å². The number of hydrogen-bond acceptors (Lipinski definition) is 3. The Morgan fingerprint density at radius 1 is 1.47 bits per heavy atom. The van der Waals surface area contributed by atoms with Gasteiger partial charge in [0.2, 0.25) is 5.91 Å². The minimum absolute atomic E-state index is 0.0280. The van der Waals surface area contributed by atoms with Crippen molar-refractivity contribution in [1.29, 1.82) is 0 Å². The van der Waals surface area contributed by atoms with Crippen molar-refractivity contribution in [2.24, 2.45) is 5.73 Å². The number of hydrogen-bond donors (Lipinski definition) is 2. The van der Waals surface area contributed by atoms with Crippen molar-refractivity contribution in [3.63, 3.8) is 0 Å². The van der Waals surface area contributed by atoms with Crippen molar-refractivity contribution in [2.75, 3.05) is 18.5 Å². The summed E-state index contributed by atoms with van der Waals surface area (Å²) in [6, 6.07) is 5.68. The van der Waals surface area contributed by atoms with E-state index in [4.69, 9.17) is 10.5 Å². The summed E-state index contributed by atoms with van der Waals surface area (Å²) in [5, 5.41) is 2.79. The van der Waals surface area contributed by atoms with Crippen molar-refractivity contribution in [3.05, 3.63) is 29.3 Å². The molecule has 1 rings (SSSR count). The highest BCUT2D eigenvalue weighted by Gasteiger charge is 2.07. The average Bonchev–Trinajstić information content (AvgIpc) is 2.36. The Balaban J connectivity index is 2.79. The third-order valence-corrected chi connectivity index (χ3v) is 2.32. The van der Waals surface area contributed by atoms with Crippen LogP contribution in [-0.4, -0.2) is 25.2 Å². The molecular weight excluding hydrogens is 240 g/mol. The molecule has 4 heteroatoms. The van der Waals surface area contributed by atoms with E-state index in [0.717, 1.165) is 11.1 Å². The molecule has 1 aromatic rings. The van der Waals surface area contributed by atoms with Gasteiger partial charge in [0.1, 0.15) is 6.61 Å². The van der Waals surface area contributed by atoms with Gasteiger partial charge in [-0.15, -0.1) is 0 Å². The quantitative estimate of drug-likeness (QED) is 0.809. The summed E-state index contributed by atoms with van der Waals surface area (Å²) in [4.78, 5) is 11.7. The first-order valence-electron chi connectivity index (χ1n) is 6.24. The van der Waals surface area contributed by atoms with Crippen LogP contribution in [-0.2, 0) is 9.53 Å². The highest BCUT2D eigenvalue weighted by molar-refractivity contribution is 5.93. The van der Waals surface area contributed by atoms with E-state index in [-0.39, 0.29) is 25.2 Å². The van der Waals surface area contributed by atoms with Crippen LogP contribution in [0.5, 0.6) is 0 Å². The van der Waals surface area contributed by atoms with Crippen LogP contribution >= 0.6 is 0 Å². The number of benzene rings is 1. The lowest BCUT2D eigenvalue weighted by Gasteiger charge is -2.10. The second kappa shape index (κ2) is 7.57. The Morgan fingerprint density at radius 2 is 2.21 bits per heavy atom. The van der Waals surface area contributed by atoms with Gasteiger partial charge in [-0.25, -0.2) is 0 Å². The molecule has 3 N–H and O–H groups in total. The molecule has 1 aromatic carbocycles. The fourth-order valence-corrected chi connectivity index (χ4v) is 1.45. The highest BCUT2D eigenvalue weighted by Crippen LogP contribution is 2.16. The van der Waals surface area contributed by atoms with E-state index < -0.39 is 0 Å². The van der Waals surface area contributed by atoms with Crippen LogP contribution in [0.4, 0.5) is 5.69 Å². The molecule has 1 amide bonds. The normalized spacial score (nSPS) is 9.95. The number of nitrogens with two attached hydrogens (primary N) is 1. The van der Waals surface area contributed by atoms with Gasteiger partial charge in [0.25, 0.3) is 0 Å². The minimum Gasteiger partial charge on any atom is -0.369 e. The van der Waals surface area contributed by atoms with Crippen LogP contribution in [0.1, 0.15) is 25.0 Å². The molecule has 4 nitrogen and oxygen atoms in total. The van der Waals surface area contributed by atoms with Crippen LogP contribution < -0.4 is 11.1 Å². The van der Waals surface area contributed by atoms with Gasteiger partial charge in [0, 0.05) is 5.56 Å². The molecule has 0 bridgehead atoms. The minimum atomic E-state index is -0.187. The molecular formula is C15H20N2O2. The Kier molecular flexibility index (Phi) is 6.07. The van der Waals surface area contributed by atoms with E-state index >= 15 is 0 Å². The fraction of sp³-hybridized carbons (Fsp3) is 0.400. The Bertz CT molecular complexity index is 499. The molecule has 0 aliphatic carbocycles. The first-order valence-corrected chi connectivity index (χ1v) is 6.24. The average molecular weight is 260 g/mol. The topological polar surface area (TPSA) is 64.3 Å². The maximum Gasteiger partial charge on any atom is 0.250 e. The monoisotopic (exact) mass is 260 g/mol. The maximum atomic E-state index is 11.7. The zero-order chi connectivity index (χ0) is 14.3. The number of amides is 1. The van der Waals surface area contributed by atoms with Crippen LogP contribution in [0.25, 0.3) is 0 Å². The molecule has 0 aromatic heterocycles. The molecule has 0 heterocycles. The first kappa shape index (κ1) is 15.2. The Labute approximate surface area is 114 Å². The number of nitrogens with one attached hydrogen (secondary N) is 1. The summed E-state index contributed by atoms with van der Waals surface area (Å²) in [6.07, 6.45) is 0.0280. The zero-order valence-electron chi connectivity index (χ0n) is 11.6. The Morgan fingerprint density at radius 3 is 2.84 bits per heavy atom. The van der Waals surface area contributed by atoms with Crippen molar-refractivity contribution >= 4 is 11.6 Å². The molecule has 102 valence electrons. The number of carbonyl (C=O) groups is 1. The standard InChI is InChI=1S/C15H20N2O2/c1-11(2)19-10-15(18)17-14-7-6-12(3)9-13(14)5-4-8-16/h6-7,9,11H,8,10,16H2,1-3H3,(H,17,18). The number of anilines is 1. The van der Waals surface area contributed by atoms with Crippen LogP contribution in [0.2, 0.25) is 0 Å². The molecule has 0 spiro atoms. The van der Waals surface area contributed by atoms with Gasteiger partial charge >= 0.3 is 0 Å². The van der Waals surface area contributed by atoms with Crippen LogP contribution in [0.15, 0.2) is 18.2 Å². The third kappa shape index (κ3) is 5.56. The second-order valence-corrected chi connectivity index (χ2v) is 4.46. The van der Waals surface area contributed by atoms with E-state index in [1.165, 1.54) is 0 Å². The number of carbonyl (C=O) groups excluding carboxylic acids is 1. The molecule has 0 atom stereocenters. The fourth-order valence-electron chi connectivity index (χ4n) is 1.45. The van der Waals surface area contributed by atoms with Crippen molar-refractivity contribution in [2.45, 2.75) is 26.9 Å². The molecule has 0 saturated carbocycles. The van der Waals surface area contributed by atoms with Crippen molar-refractivity contribution < 1.29 is 9.53 Å². The van der Waals surface area contributed by atoms with Crippen LogP contribution in [0, 0.1) is 18.8 Å². The van der Waals surface area contributed by atoms with E-state index in [1.54, 1.807) is 0 Å². The molecule has 0 aliphatic heterocycles. The lowest BCUT2D eigenvalue weighted by molar-refractivity contribution is -0.121. The first-order chi connectivity index (χ1) is 9.02. The Hall–Kier alpha value is -1.83. The number of aryl methyl sites for hydroxylation is 1. The molecule has 0 radical (unpaired) electrons. The second-order valence-electron chi connectivity index (χ2n) is 4.46. The van der Waals surface area contributed by atoms with Gasteiger partial charge in [0.05, 0.1) is 18.3 Å². The largest absolute Gasteiger partial charge is 0.369 e. The summed E-state index contributed by atoms with van der Waals surface area (Å²) in [5.74, 6) is 5.56. The predicted octanol–water partition coefficient (Wildman–Crippen LogP) is 1.67. The molecule has 0 aliphatic rings. The van der Waals surface area contributed by atoms with Gasteiger partial charge in [-0.3, -0.25) is 4.79 Å². The molecule has 19 heavy (non-hydrogen) atoms. The lowest BCUT2D eigenvalue weighted by Crippen LogP contribution is -2.21. The predicted molar refractivity (Wildman–Crippen MR) is 76.8 cm³/mol. The summed E-state index contributed by atoms with van der Waals surface area (Å²) < 4.78 is 5.25. The van der Waals surface area contributed by atoms with E-state index in [2.05, 4.69) is 17.2 Å². The van der Waals surface area contributed by atoms with Crippen molar-refractivity contribution in [1.82, 2.24) is 0 Å². The van der Waals surface area contributed by atoms with Gasteiger partial charge < -0.3 is 15.8 Å². The number of rotatable bonds is 4. The van der Waals surface area contributed by atoms with Gasteiger partial charge in [-0.05, 0) is 38.5 Å². The zero-order valence-corrected chi connectivity index (χ0v) is 11.6. The van der Waals surface area contributed by atoms with E-state index in [9.17, 15) is 4.79 Å². The number of ether oxygens (including phenoxy) is 1.